The van der Waals surface area contributed by atoms with Crippen molar-refractivity contribution in [1.29, 1.82) is 0 Å². The second-order valence-corrected chi connectivity index (χ2v) is 5.70. The highest BCUT2D eigenvalue weighted by atomic mass is 35.5. The molecule has 0 aliphatic rings. The van der Waals surface area contributed by atoms with Crippen molar-refractivity contribution in [2.45, 2.75) is 43.4 Å². The van der Waals surface area contributed by atoms with E-state index in [0.29, 0.717) is 5.25 Å². The van der Waals surface area contributed by atoms with Crippen molar-refractivity contribution in [3.8, 4) is 0 Å². The lowest BCUT2D eigenvalue weighted by Gasteiger charge is -2.12. The van der Waals surface area contributed by atoms with Gasteiger partial charge in [-0.3, -0.25) is 0 Å². The number of rotatable bonds is 4. The molecular formula is C12H18ClNS. The third-order valence-electron chi connectivity index (χ3n) is 2.38. The highest BCUT2D eigenvalue weighted by molar-refractivity contribution is 8.00. The van der Waals surface area contributed by atoms with E-state index >= 15 is 0 Å². The van der Waals surface area contributed by atoms with E-state index in [0.717, 1.165) is 21.9 Å². The van der Waals surface area contributed by atoms with E-state index in [2.05, 4.69) is 26.0 Å². The summed E-state index contributed by atoms with van der Waals surface area (Å²) in [4.78, 5) is 1.15. The molecule has 0 heterocycles. The Kier molecular flexibility index (Phi) is 4.97. The molecule has 1 nitrogen and oxygen atoms in total. The van der Waals surface area contributed by atoms with E-state index in [1.165, 1.54) is 0 Å². The van der Waals surface area contributed by atoms with Crippen molar-refractivity contribution < 1.29 is 0 Å². The number of hydrogen-bond donors (Lipinski definition) is 1. The molecule has 0 saturated carbocycles. The van der Waals surface area contributed by atoms with Crippen LogP contribution in [0.25, 0.3) is 0 Å². The van der Waals surface area contributed by atoms with Crippen LogP contribution in [0.2, 0.25) is 5.02 Å². The van der Waals surface area contributed by atoms with Crippen LogP contribution in [-0.2, 0) is 0 Å². The van der Waals surface area contributed by atoms with Crippen LogP contribution < -0.4 is 5.73 Å². The lowest BCUT2D eigenvalue weighted by atomic mass is 10.1. The van der Waals surface area contributed by atoms with E-state index in [1.807, 2.05) is 24.8 Å². The zero-order valence-corrected chi connectivity index (χ0v) is 11.0. The molecule has 1 rings (SSSR count). The molecule has 0 saturated heterocycles. The summed E-state index contributed by atoms with van der Waals surface area (Å²) in [5.74, 6) is 0. The third-order valence-corrected chi connectivity index (χ3v) is 4.16. The molecule has 15 heavy (non-hydrogen) atoms. The molecule has 84 valence electrons. The van der Waals surface area contributed by atoms with E-state index < -0.39 is 0 Å². The van der Waals surface area contributed by atoms with Crippen molar-refractivity contribution in [2.24, 2.45) is 5.73 Å². The molecule has 0 aromatic heterocycles. The molecule has 0 radical (unpaired) electrons. The molecule has 1 aromatic rings. The normalized spacial score (nSPS) is 15.0. The SMILES string of the molecule is CCC(C)Sc1ccc(C(C)N)cc1Cl. The summed E-state index contributed by atoms with van der Waals surface area (Å²) in [5, 5.41) is 1.42. The van der Waals surface area contributed by atoms with Gasteiger partial charge in [-0.15, -0.1) is 11.8 Å². The Morgan fingerprint density at radius 2 is 2.07 bits per heavy atom. The van der Waals surface area contributed by atoms with Crippen LogP contribution >= 0.6 is 23.4 Å². The van der Waals surface area contributed by atoms with Gasteiger partial charge in [-0.2, -0.15) is 0 Å². The van der Waals surface area contributed by atoms with Gasteiger partial charge in [0.25, 0.3) is 0 Å². The maximum Gasteiger partial charge on any atom is 0.0545 e. The summed E-state index contributed by atoms with van der Waals surface area (Å²) in [6.07, 6.45) is 1.15. The Labute approximate surface area is 101 Å². The molecule has 0 amide bonds. The maximum absolute atomic E-state index is 6.20. The molecule has 0 bridgehead atoms. The smallest absolute Gasteiger partial charge is 0.0545 e. The predicted octanol–water partition coefficient (Wildman–Crippen LogP) is 4.25. The zero-order chi connectivity index (χ0) is 11.4. The van der Waals surface area contributed by atoms with Crippen LogP contribution in [0.4, 0.5) is 0 Å². The van der Waals surface area contributed by atoms with E-state index in [9.17, 15) is 0 Å². The molecule has 1 aromatic carbocycles. The van der Waals surface area contributed by atoms with Crippen LogP contribution in [0.1, 0.15) is 38.8 Å². The molecule has 2 N–H and O–H groups in total. The monoisotopic (exact) mass is 243 g/mol. The van der Waals surface area contributed by atoms with E-state index in [-0.39, 0.29) is 6.04 Å². The number of halogens is 1. The Morgan fingerprint density at radius 3 is 2.53 bits per heavy atom. The topological polar surface area (TPSA) is 26.0 Å². The van der Waals surface area contributed by atoms with Crippen LogP contribution in [0.5, 0.6) is 0 Å². The van der Waals surface area contributed by atoms with Crippen LogP contribution in [0.15, 0.2) is 23.1 Å². The molecule has 0 spiro atoms. The summed E-state index contributed by atoms with van der Waals surface area (Å²) in [7, 11) is 0. The van der Waals surface area contributed by atoms with Gasteiger partial charge in [-0.25, -0.2) is 0 Å². The first kappa shape index (κ1) is 12.9. The minimum absolute atomic E-state index is 0.0464. The minimum Gasteiger partial charge on any atom is -0.324 e. The van der Waals surface area contributed by atoms with Gasteiger partial charge in [0, 0.05) is 16.2 Å². The fourth-order valence-electron chi connectivity index (χ4n) is 1.20. The van der Waals surface area contributed by atoms with Crippen molar-refractivity contribution in [1.82, 2.24) is 0 Å². The standard InChI is InChI=1S/C12H18ClNS/c1-4-8(2)15-12-6-5-10(9(3)14)7-11(12)13/h5-9H,4,14H2,1-3H3. The lowest BCUT2D eigenvalue weighted by molar-refractivity contribution is 0.817. The Balaban J connectivity index is 2.83. The highest BCUT2D eigenvalue weighted by Gasteiger charge is 2.08. The third kappa shape index (κ3) is 3.71. The molecule has 2 atom stereocenters. The number of benzene rings is 1. The lowest BCUT2D eigenvalue weighted by Crippen LogP contribution is -2.04. The van der Waals surface area contributed by atoms with Gasteiger partial charge in [-0.05, 0) is 31.0 Å². The Bertz CT molecular complexity index is 325. The first-order valence-corrected chi connectivity index (χ1v) is 6.52. The number of nitrogens with two attached hydrogens (primary N) is 1. The van der Waals surface area contributed by atoms with Crippen LogP contribution in [-0.4, -0.2) is 5.25 Å². The van der Waals surface area contributed by atoms with E-state index in [1.54, 1.807) is 0 Å². The first-order chi connectivity index (χ1) is 7.04. The highest BCUT2D eigenvalue weighted by Crippen LogP contribution is 2.32. The van der Waals surface area contributed by atoms with E-state index in [4.69, 9.17) is 17.3 Å². The number of hydrogen-bond acceptors (Lipinski definition) is 2. The quantitative estimate of drug-likeness (QED) is 0.801. The minimum atomic E-state index is 0.0464. The van der Waals surface area contributed by atoms with Gasteiger partial charge in [-0.1, -0.05) is 31.5 Å². The largest absolute Gasteiger partial charge is 0.324 e. The van der Waals surface area contributed by atoms with Crippen molar-refractivity contribution in [3.05, 3.63) is 28.8 Å². The summed E-state index contributed by atoms with van der Waals surface area (Å²) in [6, 6.07) is 6.14. The predicted molar refractivity (Wildman–Crippen MR) is 69.7 cm³/mol. The Hall–Kier alpha value is -0.180. The summed E-state index contributed by atoms with van der Waals surface area (Å²) in [6.45, 7) is 6.36. The zero-order valence-electron chi connectivity index (χ0n) is 9.46. The molecule has 0 aliphatic heterocycles. The molecule has 3 heteroatoms. The maximum atomic E-state index is 6.20. The van der Waals surface area contributed by atoms with Gasteiger partial charge in [0.1, 0.15) is 0 Å². The van der Waals surface area contributed by atoms with Crippen LogP contribution in [0.3, 0.4) is 0 Å². The second-order valence-electron chi connectivity index (χ2n) is 3.82. The van der Waals surface area contributed by atoms with Gasteiger partial charge < -0.3 is 5.73 Å². The summed E-state index contributed by atoms with van der Waals surface area (Å²) >= 11 is 8.02. The number of thioether (sulfide) groups is 1. The average Bonchev–Trinajstić information content (AvgIpc) is 2.20. The fraction of sp³-hybridized carbons (Fsp3) is 0.500. The second kappa shape index (κ2) is 5.78. The van der Waals surface area contributed by atoms with Gasteiger partial charge >= 0.3 is 0 Å². The molecule has 2 unspecified atom stereocenters. The van der Waals surface area contributed by atoms with Crippen molar-refractivity contribution in [2.75, 3.05) is 0 Å². The van der Waals surface area contributed by atoms with Gasteiger partial charge in [0.2, 0.25) is 0 Å². The summed E-state index contributed by atoms with van der Waals surface area (Å²) in [5.41, 5.74) is 6.89. The van der Waals surface area contributed by atoms with Crippen LogP contribution in [0, 0.1) is 0 Å². The fourth-order valence-corrected chi connectivity index (χ4v) is 2.44. The van der Waals surface area contributed by atoms with Crippen molar-refractivity contribution in [3.63, 3.8) is 0 Å². The summed E-state index contributed by atoms with van der Waals surface area (Å²) < 4.78 is 0. The van der Waals surface area contributed by atoms with Crippen molar-refractivity contribution >= 4 is 23.4 Å². The molecular weight excluding hydrogens is 226 g/mol. The Morgan fingerprint density at radius 1 is 1.40 bits per heavy atom. The average molecular weight is 244 g/mol. The first-order valence-electron chi connectivity index (χ1n) is 5.26. The molecule has 0 aliphatic carbocycles. The molecule has 0 fully saturated rings. The van der Waals surface area contributed by atoms with Gasteiger partial charge in [0.15, 0.2) is 0 Å². The van der Waals surface area contributed by atoms with Gasteiger partial charge in [0.05, 0.1) is 5.02 Å².